The van der Waals surface area contributed by atoms with Crippen LogP contribution in [0.1, 0.15) is 44.9 Å². The van der Waals surface area contributed by atoms with Crippen molar-refractivity contribution in [1.29, 1.82) is 0 Å². The Morgan fingerprint density at radius 1 is 1.33 bits per heavy atom. The van der Waals surface area contributed by atoms with Gasteiger partial charge in [-0.25, -0.2) is 0 Å². The van der Waals surface area contributed by atoms with Gasteiger partial charge >= 0.3 is 0 Å². The van der Waals surface area contributed by atoms with E-state index in [-0.39, 0.29) is 11.7 Å². The number of pyridine rings is 1. The van der Waals surface area contributed by atoms with Gasteiger partial charge in [0.1, 0.15) is 5.78 Å². The Morgan fingerprint density at radius 3 is 2.53 bits per heavy atom. The quantitative estimate of drug-likeness (QED) is 0.756. The zero-order valence-electron chi connectivity index (χ0n) is 9.95. The minimum atomic E-state index is 0.112. The second-order valence-corrected chi connectivity index (χ2v) is 4.54. The number of hydrogen-bond donors (Lipinski definition) is 0. The number of Topliss-reactive ketones (excluding diaryl/α,β-unsaturated/α-hetero) is 1. The van der Waals surface area contributed by atoms with Gasteiger partial charge in [-0.2, -0.15) is 0 Å². The molecule has 1 heterocycles. The van der Waals surface area contributed by atoms with Gasteiger partial charge in [0.25, 0.3) is 0 Å². The van der Waals surface area contributed by atoms with E-state index in [9.17, 15) is 4.79 Å². The molecule has 0 unspecified atom stereocenters. The monoisotopic (exact) mass is 205 g/mol. The van der Waals surface area contributed by atoms with Crippen molar-refractivity contribution in [1.82, 2.24) is 4.98 Å². The summed E-state index contributed by atoms with van der Waals surface area (Å²) in [6.45, 7) is 8.09. The maximum atomic E-state index is 11.6. The summed E-state index contributed by atoms with van der Waals surface area (Å²) in [6.07, 6.45) is 2.32. The van der Waals surface area contributed by atoms with E-state index in [1.807, 2.05) is 26.0 Å². The molecule has 2 heteroatoms. The third-order valence-corrected chi connectivity index (χ3v) is 2.46. The van der Waals surface area contributed by atoms with Crippen molar-refractivity contribution in [2.24, 2.45) is 5.92 Å². The second kappa shape index (κ2) is 5.06. The SMILES string of the molecule is CC(C)C(=O)Cc1ccnc(C(C)C)c1. The summed E-state index contributed by atoms with van der Waals surface area (Å²) in [7, 11) is 0. The topological polar surface area (TPSA) is 30.0 Å². The molecule has 0 atom stereocenters. The molecule has 0 fully saturated rings. The van der Waals surface area contributed by atoms with Crippen LogP contribution in [-0.2, 0) is 11.2 Å². The molecule has 2 nitrogen and oxygen atoms in total. The van der Waals surface area contributed by atoms with Crippen molar-refractivity contribution < 1.29 is 4.79 Å². The van der Waals surface area contributed by atoms with E-state index in [0.29, 0.717) is 12.3 Å². The van der Waals surface area contributed by atoms with Crippen LogP contribution in [0.3, 0.4) is 0 Å². The largest absolute Gasteiger partial charge is 0.299 e. The minimum absolute atomic E-state index is 0.112. The number of ketones is 1. The second-order valence-electron chi connectivity index (χ2n) is 4.54. The van der Waals surface area contributed by atoms with Crippen LogP contribution >= 0.6 is 0 Å². The van der Waals surface area contributed by atoms with Gasteiger partial charge in [-0.3, -0.25) is 9.78 Å². The fraction of sp³-hybridized carbons (Fsp3) is 0.538. The molecule has 0 saturated heterocycles. The molecule has 0 radical (unpaired) electrons. The Kier molecular flexibility index (Phi) is 4.01. The molecule has 0 aliphatic carbocycles. The van der Waals surface area contributed by atoms with Gasteiger partial charge in [-0.05, 0) is 23.6 Å². The third kappa shape index (κ3) is 3.46. The van der Waals surface area contributed by atoms with E-state index < -0.39 is 0 Å². The number of aromatic nitrogens is 1. The Balaban J connectivity index is 2.78. The lowest BCUT2D eigenvalue weighted by molar-refractivity contribution is -0.121. The highest BCUT2D eigenvalue weighted by Crippen LogP contribution is 2.13. The summed E-state index contributed by atoms with van der Waals surface area (Å²) in [5, 5.41) is 0. The summed E-state index contributed by atoms with van der Waals surface area (Å²) in [5.74, 6) is 0.815. The Hall–Kier alpha value is -1.18. The smallest absolute Gasteiger partial charge is 0.139 e. The fourth-order valence-corrected chi connectivity index (χ4v) is 1.33. The van der Waals surface area contributed by atoms with Crippen LogP contribution in [0.4, 0.5) is 0 Å². The molecule has 0 aliphatic rings. The molecular formula is C13H19NO. The molecule has 0 aromatic carbocycles. The normalized spacial score (nSPS) is 11.1. The van der Waals surface area contributed by atoms with Gasteiger partial charge in [-0.15, -0.1) is 0 Å². The molecule has 0 aliphatic heterocycles. The van der Waals surface area contributed by atoms with Gasteiger partial charge < -0.3 is 0 Å². The zero-order chi connectivity index (χ0) is 11.4. The zero-order valence-corrected chi connectivity index (χ0v) is 9.95. The maximum absolute atomic E-state index is 11.6. The Labute approximate surface area is 91.7 Å². The first kappa shape index (κ1) is 11.9. The molecule has 0 N–H and O–H groups in total. The minimum Gasteiger partial charge on any atom is -0.299 e. The summed E-state index contributed by atoms with van der Waals surface area (Å²) in [4.78, 5) is 15.9. The first-order chi connectivity index (χ1) is 7.00. The van der Waals surface area contributed by atoms with Crippen molar-refractivity contribution in [2.75, 3.05) is 0 Å². The average molecular weight is 205 g/mol. The first-order valence-corrected chi connectivity index (χ1v) is 5.48. The highest BCUT2D eigenvalue weighted by molar-refractivity contribution is 5.82. The summed E-state index contributed by atoms with van der Waals surface area (Å²) in [5.41, 5.74) is 2.14. The fourth-order valence-electron chi connectivity index (χ4n) is 1.33. The first-order valence-electron chi connectivity index (χ1n) is 5.48. The third-order valence-electron chi connectivity index (χ3n) is 2.46. The predicted octanol–water partition coefficient (Wildman–Crippen LogP) is 2.97. The van der Waals surface area contributed by atoms with Crippen LogP contribution in [0.25, 0.3) is 0 Å². The number of hydrogen-bond acceptors (Lipinski definition) is 2. The van der Waals surface area contributed by atoms with E-state index in [1.165, 1.54) is 0 Å². The number of rotatable bonds is 4. The average Bonchev–Trinajstić information content (AvgIpc) is 2.18. The van der Waals surface area contributed by atoms with Gasteiger partial charge in [-0.1, -0.05) is 27.7 Å². The van der Waals surface area contributed by atoms with E-state index in [2.05, 4.69) is 18.8 Å². The predicted molar refractivity (Wildman–Crippen MR) is 61.9 cm³/mol. The lowest BCUT2D eigenvalue weighted by Crippen LogP contribution is -2.10. The van der Waals surface area contributed by atoms with Crippen molar-refractivity contribution in [3.05, 3.63) is 29.6 Å². The standard InChI is InChI=1S/C13H19NO/c1-9(2)12-7-11(5-6-14-12)8-13(15)10(3)4/h5-7,9-10H,8H2,1-4H3. The van der Waals surface area contributed by atoms with Crippen LogP contribution in [0, 0.1) is 5.92 Å². The van der Waals surface area contributed by atoms with E-state index in [1.54, 1.807) is 6.20 Å². The van der Waals surface area contributed by atoms with Crippen LogP contribution < -0.4 is 0 Å². The molecule has 0 spiro atoms. The number of carbonyl (C=O) groups is 1. The lowest BCUT2D eigenvalue weighted by Gasteiger charge is -2.07. The van der Waals surface area contributed by atoms with E-state index in [4.69, 9.17) is 0 Å². The Bertz CT molecular complexity index is 342. The van der Waals surface area contributed by atoms with Crippen LogP contribution in [0.15, 0.2) is 18.3 Å². The van der Waals surface area contributed by atoms with E-state index in [0.717, 1.165) is 11.3 Å². The van der Waals surface area contributed by atoms with Crippen LogP contribution in [0.5, 0.6) is 0 Å². The van der Waals surface area contributed by atoms with Crippen molar-refractivity contribution in [2.45, 2.75) is 40.0 Å². The highest BCUT2D eigenvalue weighted by atomic mass is 16.1. The van der Waals surface area contributed by atoms with Gasteiger partial charge in [0.15, 0.2) is 0 Å². The molecule has 1 aromatic rings. The number of nitrogens with zero attached hydrogens (tertiary/aromatic N) is 1. The van der Waals surface area contributed by atoms with Gasteiger partial charge in [0, 0.05) is 24.2 Å². The molecule has 0 saturated carbocycles. The van der Waals surface area contributed by atoms with Crippen LogP contribution in [0.2, 0.25) is 0 Å². The van der Waals surface area contributed by atoms with Crippen molar-refractivity contribution >= 4 is 5.78 Å². The molecule has 15 heavy (non-hydrogen) atoms. The van der Waals surface area contributed by atoms with Crippen molar-refractivity contribution in [3.8, 4) is 0 Å². The van der Waals surface area contributed by atoms with E-state index >= 15 is 0 Å². The summed E-state index contributed by atoms with van der Waals surface area (Å²) < 4.78 is 0. The maximum Gasteiger partial charge on any atom is 0.139 e. The molecular weight excluding hydrogens is 186 g/mol. The summed E-state index contributed by atoms with van der Waals surface area (Å²) >= 11 is 0. The Morgan fingerprint density at radius 2 is 2.00 bits per heavy atom. The summed E-state index contributed by atoms with van der Waals surface area (Å²) in [6, 6.07) is 3.96. The van der Waals surface area contributed by atoms with Crippen LogP contribution in [-0.4, -0.2) is 10.8 Å². The molecule has 0 amide bonds. The molecule has 82 valence electrons. The molecule has 1 rings (SSSR count). The van der Waals surface area contributed by atoms with Crippen molar-refractivity contribution in [3.63, 3.8) is 0 Å². The molecule has 1 aromatic heterocycles. The lowest BCUT2D eigenvalue weighted by atomic mass is 10.00. The van der Waals surface area contributed by atoms with Gasteiger partial charge in [0.2, 0.25) is 0 Å². The van der Waals surface area contributed by atoms with Gasteiger partial charge in [0.05, 0.1) is 0 Å². The highest BCUT2D eigenvalue weighted by Gasteiger charge is 2.09. The number of carbonyl (C=O) groups excluding carboxylic acids is 1. The molecule has 0 bridgehead atoms.